The summed E-state index contributed by atoms with van der Waals surface area (Å²) in [6, 6.07) is 4.28. The van der Waals surface area contributed by atoms with E-state index in [0.29, 0.717) is 12.1 Å². The average molecular weight is 478 g/mol. The van der Waals surface area contributed by atoms with Gasteiger partial charge < -0.3 is 14.9 Å². The Hall–Kier alpha value is -2.24. The lowest BCUT2D eigenvalue weighted by atomic mass is 9.66. The van der Waals surface area contributed by atoms with Crippen molar-refractivity contribution in [1.82, 2.24) is 0 Å². The van der Waals surface area contributed by atoms with E-state index in [9.17, 15) is 36.2 Å². The first-order valence-corrected chi connectivity index (χ1v) is 11.3. The van der Waals surface area contributed by atoms with Crippen LogP contribution in [0.1, 0.15) is 24.0 Å². The van der Waals surface area contributed by atoms with Crippen molar-refractivity contribution in [3.8, 4) is 5.75 Å². The van der Waals surface area contributed by atoms with Crippen LogP contribution in [-0.2, 0) is 20.8 Å². The minimum atomic E-state index is -4.69. The molecule has 2 aliphatic rings. The van der Waals surface area contributed by atoms with E-state index in [-0.39, 0.29) is 12.8 Å². The number of aliphatic hydroxyl groups excluding tert-OH is 2. The second-order valence-electron chi connectivity index (χ2n) is 8.02. The quantitative estimate of drug-likeness (QED) is 0.661. The number of ether oxygens (including phenoxy) is 1. The van der Waals surface area contributed by atoms with Gasteiger partial charge in [-0.25, -0.2) is 17.2 Å². The number of fused-ring (bicyclic) bond motifs is 3. The molecular weight excluding hydrogens is 459 g/mol. The molecule has 1 unspecified atom stereocenters. The molecule has 0 spiro atoms. The SMILES string of the molecule is O=S(=O)(c1ccc(C(F)(F)F)cc1)C12CC[C@@H](O)[C@@H](CO)[C@@H]1COc1c(F)ccc(F)c12. The van der Waals surface area contributed by atoms with Gasteiger partial charge in [0.2, 0.25) is 0 Å². The minimum absolute atomic E-state index is 0.156. The standard InChI is InChI=1S/C21H19F5O5S/c22-15-5-6-16(23)19-18(15)20(8-7-17(28)13(9-27)14(20)10-31-19)32(29,30)12-3-1-11(2-4-12)21(24,25)26/h1-6,13-14,17,27-28H,7-10H2/t13-,14-,17+,20?/m0/s1. The molecule has 1 saturated carbocycles. The van der Waals surface area contributed by atoms with Crippen LogP contribution in [0.15, 0.2) is 41.3 Å². The molecule has 2 aromatic rings. The topological polar surface area (TPSA) is 83.8 Å². The van der Waals surface area contributed by atoms with Crippen LogP contribution in [0, 0.1) is 23.5 Å². The molecule has 1 aliphatic heterocycles. The Morgan fingerprint density at radius 3 is 2.28 bits per heavy atom. The molecule has 0 aromatic heterocycles. The van der Waals surface area contributed by atoms with Crippen LogP contribution in [0.25, 0.3) is 0 Å². The monoisotopic (exact) mass is 478 g/mol. The second-order valence-corrected chi connectivity index (χ2v) is 10.2. The number of hydrogen-bond donors (Lipinski definition) is 2. The maximum Gasteiger partial charge on any atom is 0.416 e. The maximum absolute atomic E-state index is 15.1. The van der Waals surface area contributed by atoms with Gasteiger partial charge in [-0.2, -0.15) is 13.2 Å². The number of hydrogen-bond acceptors (Lipinski definition) is 5. The molecule has 0 amide bonds. The highest BCUT2D eigenvalue weighted by Crippen LogP contribution is 2.58. The van der Waals surface area contributed by atoms with E-state index in [1.165, 1.54) is 0 Å². The first kappa shape index (κ1) is 22.9. The van der Waals surface area contributed by atoms with Crippen molar-refractivity contribution in [2.75, 3.05) is 13.2 Å². The molecule has 4 rings (SSSR count). The number of aliphatic hydroxyl groups is 2. The Kier molecular flexibility index (Phi) is 5.50. The number of rotatable bonds is 3. The highest BCUT2D eigenvalue weighted by Gasteiger charge is 2.62. The smallest absolute Gasteiger partial charge is 0.416 e. The average Bonchev–Trinajstić information content (AvgIpc) is 2.75. The van der Waals surface area contributed by atoms with Gasteiger partial charge in [-0.15, -0.1) is 0 Å². The number of sulfone groups is 1. The highest BCUT2D eigenvalue weighted by molar-refractivity contribution is 7.92. The fraction of sp³-hybridized carbons (Fsp3) is 0.429. The van der Waals surface area contributed by atoms with E-state index < -0.39 is 85.3 Å². The molecule has 2 aromatic carbocycles. The fourth-order valence-electron chi connectivity index (χ4n) is 4.94. The van der Waals surface area contributed by atoms with E-state index in [2.05, 4.69) is 0 Å². The Bertz CT molecular complexity index is 1130. The largest absolute Gasteiger partial charge is 0.490 e. The molecule has 1 aliphatic carbocycles. The second kappa shape index (κ2) is 7.67. The summed E-state index contributed by atoms with van der Waals surface area (Å²) in [6.07, 6.45) is -6.31. The van der Waals surface area contributed by atoms with E-state index >= 15 is 4.39 Å². The minimum Gasteiger partial charge on any atom is -0.490 e. The van der Waals surface area contributed by atoms with Gasteiger partial charge in [0.05, 0.1) is 28.7 Å². The van der Waals surface area contributed by atoms with Crippen molar-refractivity contribution < 1.29 is 45.3 Å². The third-order valence-corrected chi connectivity index (χ3v) is 9.06. The molecule has 5 nitrogen and oxygen atoms in total. The van der Waals surface area contributed by atoms with Crippen molar-refractivity contribution in [2.45, 2.75) is 34.8 Å². The molecule has 1 heterocycles. The van der Waals surface area contributed by atoms with Gasteiger partial charge in [-0.3, -0.25) is 0 Å². The van der Waals surface area contributed by atoms with Crippen molar-refractivity contribution in [3.63, 3.8) is 0 Å². The van der Waals surface area contributed by atoms with Crippen LogP contribution in [-0.4, -0.2) is 37.9 Å². The zero-order chi connectivity index (χ0) is 23.5. The Morgan fingerprint density at radius 1 is 1.06 bits per heavy atom. The van der Waals surface area contributed by atoms with Gasteiger partial charge in [-0.05, 0) is 49.2 Å². The van der Waals surface area contributed by atoms with Crippen molar-refractivity contribution in [1.29, 1.82) is 0 Å². The first-order valence-electron chi connectivity index (χ1n) is 9.77. The molecule has 0 saturated heterocycles. The normalized spacial score (nSPS) is 27.9. The van der Waals surface area contributed by atoms with Crippen LogP contribution < -0.4 is 4.74 Å². The molecule has 0 radical (unpaired) electrons. The molecular formula is C21H19F5O5S. The Labute approximate surface area is 180 Å². The molecule has 0 bridgehead atoms. The lowest BCUT2D eigenvalue weighted by Crippen LogP contribution is -2.58. The third kappa shape index (κ3) is 3.20. The van der Waals surface area contributed by atoms with Crippen LogP contribution in [0.3, 0.4) is 0 Å². The maximum atomic E-state index is 15.1. The zero-order valence-electron chi connectivity index (χ0n) is 16.4. The first-order chi connectivity index (χ1) is 14.9. The predicted molar refractivity (Wildman–Crippen MR) is 101 cm³/mol. The predicted octanol–water partition coefficient (Wildman–Crippen LogP) is 3.42. The van der Waals surface area contributed by atoms with Gasteiger partial charge in [-0.1, -0.05) is 0 Å². The number of alkyl halides is 3. The summed E-state index contributed by atoms with van der Waals surface area (Å²) >= 11 is 0. The highest BCUT2D eigenvalue weighted by atomic mass is 32.2. The van der Waals surface area contributed by atoms with E-state index in [0.717, 1.165) is 24.3 Å². The Morgan fingerprint density at radius 2 is 1.69 bits per heavy atom. The molecule has 174 valence electrons. The summed E-state index contributed by atoms with van der Waals surface area (Å²) in [7, 11) is -4.64. The van der Waals surface area contributed by atoms with Gasteiger partial charge in [0.15, 0.2) is 21.4 Å². The summed E-state index contributed by atoms with van der Waals surface area (Å²) < 4.78 is 99.5. The van der Waals surface area contributed by atoms with Crippen molar-refractivity contribution in [2.24, 2.45) is 11.8 Å². The fourth-order valence-corrected chi connectivity index (χ4v) is 7.34. The van der Waals surface area contributed by atoms with Crippen LogP contribution >= 0.6 is 0 Å². The van der Waals surface area contributed by atoms with E-state index in [1.54, 1.807) is 0 Å². The van der Waals surface area contributed by atoms with Crippen LogP contribution in [0.2, 0.25) is 0 Å². The summed E-state index contributed by atoms with van der Waals surface area (Å²) in [5, 5.41) is 20.2. The third-order valence-electron chi connectivity index (χ3n) is 6.49. The van der Waals surface area contributed by atoms with E-state index in [4.69, 9.17) is 4.74 Å². The van der Waals surface area contributed by atoms with Gasteiger partial charge >= 0.3 is 6.18 Å². The van der Waals surface area contributed by atoms with Crippen molar-refractivity contribution >= 4 is 9.84 Å². The lowest BCUT2D eigenvalue weighted by molar-refractivity contribution is -0.137. The summed E-state index contributed by atoms with van der Waals surface area (Å²) in [6.45, 7) is -1.08. The molecule has 2 N–H and O–H groups in total. The van der Waals surface area contributed by atoms with Crippen LogP contribution in [0.5, 0.6) is 5.75 Å². The molecule has 4 atom stereocenters. The number of benzene rings is 2. The van der Waals surface area contributed by atoms with Gasteiger partial charge in [0, 0.05) is 18.4 Å². The molecule has 1 fully saturated rings. The molecule has 32 heavy (non-hydrogen) atoms. The number of halogens is 5. The van der Waals surface area contributed by atoms with Crippen molar-refractivity contribution in [3.05, 3.63) is 59.2 Å². The molecule has 11 heteroatoms. The van der Waals surface area contributed by atoms with Gasteiger partial charge in [0.25, 0.3) is 0 Å². The summed E-state index contributed by atoms with van der Waals surface area (Å²) in [5.41, 5.74) is -1.64. The summed E-state index contributed by atoms with van der Waals surface area (Å²) in [4.78, 5) is -0.514. The zero-order valence-corrected chi connectivity index (χ0v) is 17.3. The Balaban J connectivity index is 1.98. The lowest BCUT2D eigenvalue weighted by Gasteiger charge is -2.51. The summed E-state index contributed by atoms with van der Waals surface area (Å²) in [5.74, 6) is -4.86. The van der Waals surface area contributed by atoms with E-state index in [1.807, 2.05) is 0 Å². The van der Waals surface area contributed by atoms with Crippen LogP contribution in [0.4, 0.5) is 22.0 Å². The van der Waals surface area contributed by atoms with Gasteiger partial charge in [0.1, 0.15) is 10.6 Å².